The summed E-state index contributed by atoms with van der Waals surface area (Å²) >= 11 is 0. The highest BCUT2D eigenvalue weighted by atomic mass is 16.5. The smallest absolute Gasteiger partial charge is 0.0575 e. The molecule has 10 aliphatic carbocycles. The van der Waals surface area contributed by atoms with Crippen LogP contribution in [-0.4, -0.2) is 50.8 Å². The van der Waals surface area contributed by atoms with Gasteiger partial charge in [0.15, 0.2) is 0 Å². The maximum atomic E-state index is 6.26. The van der Waals surface area contributed by atoms with E-state index in [2.05, 4.69) is 27.7 Å². The number of hydrogen-bond donors (Lipinski definition) is 0. The summed E-state index contributed by atoms with van der Waals surface area (Å²) in [4.78, 5) is 0. The van der Waals surface area contributed by atoms with E-state index < -0.39 is 0 Å². The van der Waals surface area contributed by atoms with Crippen molar-refractivity contribution >= 4 is 0 Å². The van der Waals surface area contributed by atoms with Crippen LogP contribution in [-0.2, 0) is 18.9 Å². The van der Waals surface area contributed by atoms with Gasteiger partial charge in [0.05, 0.1) is 24.4 Å². The van der Waals surface area contributed by atoms with Crippen molar-refractivity contribution in [3.05, 3.63) is 0 Å². The second kappa shape index (κ2) is 31.8. The number of rotatable bonds is 26. The lowest BCUT2D eigenvalue weighted by Gasteiger charge is -2.62. The Labute approximate surface area is 485 Å². The SMILES string of the molecule is CCCCCCO[C@H]1CC[C@H](C2CCC3(CC2)CC2(CCC([C@H]4CC[C@H](OCCCCCC)CC4)CC2)C3)CC1.CCCCCO[C@H]1CC[C@H](C2CCC3(CC2)CC2(CCC([C@H]4CC[C@H](OCCCCC)CC4)CC2)C3)CC1. The number of hydrogen-bond acceptors (Lipinski definition) is 4. The molecule has 0 atom stereocenters. The van der Waals surface area contributed by atoms with Crippen molar-refractivity contribution in [3.63, 3.8) is 0 Å². The standard InChI is InChI=1S/C38H68O2.C36H64O2/c1-3-5-7-9-27-39-35-15-11-31(12-16-35)33-19-23-37(24-20-33)29-38(30-37)25-21-34(22-26-38)32-13-17-36(18-14-32)40-28-10-8-6-4-2;1-3-5-7-25-37-33-13-9-29(10-14-33)31-17-21-35(22-18-31)27-36(28-35)23-19-32(20-24-36)30-11-15-34(16-12-30)38-26-8-6-4-2/h31-36H,3-30H2,1-2H3;29-34H,3-28H2,1-2H3/t31-,32-,33?,34?,35-,36-,37?,38?;29-,30-,31?,32?,33-,34-,35?,36?. The summed E-state index contributed by atoms with van der Waals surface area (Å²) in [6.45, 7) is 13.2. The van der Waals surface area contributed by atoms with Crippen LogP contribution in [0, 0.1) is 69.0 Å². The molecule has 0 aromatic rings. The van der Waals surface area contributed by atoms with Crippen molar-refractivity contribution in [2.24, 2.45) is 69.0 Å². The lowest BCUT2D eigenvalue weighted by molar-refractivity contribution is -0.111. The summed E-state index contributed by atoms with van der Waals surface area (Å²) in [5.41, 5.74) is 3.09. The second-order valence-electron chi connectivity index (χ2n) is 31.2. The van der Waals surface area contributed by atoms with Gasteiger partial charge >= 0.3 is 0 Å². The Bertz CT molecular complexity index is 1440. The fourth-order valence-electron chi connectivity index (χ4n) is 21.1. The minimum absolute atomic E-state index is 0.582. The topological polar surface area (TPSA) is 36.9 Å². The molecule has 10 fully saturated rings. The summed E-state index contributed by atoms with van der Waals surface area (Å²) in [5.74, 6) is 8.23. The van der Waals surface area contributed by atoms with Crippen LogP contribution in [0.4, 0.5) is 0 Å². The molecule has 0 amide bonds. The summed E-state index contributed by atoms with van der Waals surface area (Å²) in [7, 11) is 0. The molecule has 4 spiro atoms. The Balaban J connectivity index is 0.000000190. The molecule has 4 nitrogen and oxygen atoms in total. The van der Waals surface area contributed by atoms with E-state index in [1.54, 1.807) is 128 Å². The van der Waals surface area contributed by atoms with Gasteiger partial charge in [-0.3, -0.25) is 0 Å². The molecule has 0 heterocycles. The fraction of sp³-hybridized carbons (Fsp3) is 1.00. The molecule has 0 radical (unpaired) electrons. The van der Waals surface area contributed by atoms with Gasteiger partial charge in [0, 0.05) is 26.4 Å². The van der Waals surface area contributed by atoms with Crippen LogP contribution in [0.3, 0.4) is 0 Å². The Hall–Kier alpha value is -0.160. The largest absolute Gasteiger partial charge is 0.378 e. The van der Waals surface area contributed by atoms with Gasteiger partial charge in [-0.2, -0.15) is 0 Å². The van der Waals surface area contributed by atoms with Crippen LogP contribution in [0.2, 0.25) is 0 Å². The zero-order valence-corrected chi connectivity index (χ0v) is 52.7. The molecule has 0 unspecified atom stereocenters. The van der Waals surface area contributed by atoms with E-state index in [-0.39, 0.29) is 0 Å². The van der Waals surface area contributed by atoms with Gasteiger partial charge in [0.1, 0.15) is 0 Å². The Morgan fingerprint density at radius 1 is 0.218 bits per heavy atom. The van der Waals surface area contributed by atoms with E-state index in [0.717, 1.165) is 95.4 Å². The zero-order chi connectivity index (χ0) is 53.9. The predicted molar refractivity (Wildman–Crippen MR) is 330 cm³/mol. The second-order valence-corrected chi connectivity index (χ2v) is 31.2. The Morgan fingerprint density at radius 3 is 0.603 bits per heavy atom. The molecule has 10 rings (SSSR count). The molecule has 0 bridgehead atoms. The Morgan fingerprint density at radius 2 is 0.397 bits per heavy atom. The molecule has 0 N–H and O–H groups in total. The third-order valence-corrected chi connectivity index (χ3v) is 25.8. The quantitative estimate of drug-likeness (QED) is 0.0809. The van der Waals surface area contributed by atoms with Crippen LogP contribution in [0.1, 0.15) is 349 Å². The van der Waals surface area contributed by atoms with Gasteiger partial charge in [0.25, 0.3) is 0 Å². The van der Waals surface area contributed by atoms with Crippen molar-refractivity contribution in [1.82, 2.24) is 0 Å². The zero-order valence-electron chi connectivity index (χ0n) is 52.7. The lowest BCUT2D eigenvalue weighted by atomic mass is 9.43. The summed E-state index contributed by atoms with van der Waals surface area (Å²) < 4.78 is 24.9. The van der Waals surface area contributed by atoms with Crippen molar-refractivity contribution in [3.8, 4) is 0 Å². The molecule has 452 valence electrons. The predicted octanol–water partition coefficient (Wildman–Crippen LogP) is 22.1. The highest BCUT2D eigenvalue weighted by Crippen LogP contribution is 2.69. The minimum Gasteiger partial charge on any atom is -0.378 e. The van der Waals surface area contributed by atoms with E-state index in [1.807, 2.05) is 0 Å². The molecule has 0 aromatic carbocycles. The lowest BCUT2D eigenvalue weighted by Crippen LogP contribution is -2.50. The molecular weight excluding hydrogens is 953 g/mol. The molecule has 0 aliphatic heterocycles. The van der Waals surface area contributed by atoms with E-state index >= 15 is 0 Å². The molecule has 10 saturated carbocycles. The third kappa shape index (κ3) is 17.9. The molecule has 10 aliphatic rings. The average Bonchev–Trinajstić information content (AvgIpc) is 3.66. The first-order valence-electron chi connectivity index (χ1n) is 36.7. The normalized spacial score (nSPS) is 41.1. The van der Waals surface area contributed by atoms with Crippen molar-refractivity contribution < 1.29 is 18.9 Å². The maximum Gasteiger partial charge on any atom is 0.0575 e. The number of unbranched alkanes of at least 4 members (excludes halogenated alkanes) is 10. The first-order valence-corrected chi connectivity index (χ1v) is 36.7. The Kier molecular flexibility index (Phi) is 25.5. The first kappa shape index (κ1) is 62.4. The molecule has 4 heteroatoms. The molecular formula is C74H132O4. The van der Waals surface area contributed by atoms with Crippen LogP contribution < -0.4 is 0 Å². The van der Waals surface area contributed by atoms with Gasteiger partial charge in [0.2, 0.25) is 0 Å². The highest BCUT2D eigenvalue weighted by molar-refractivity contribution is 5.08. The van der Waals surface area contributed by atoms with E-state index in [4.69, 9.17) is 18.9 Å². The van der Waals surface area contributed by atoms with E-state index in [1.165, 1.54) is 193 Å². The van der Waals surface area contributed by atoms with Gasteiger partial charge in [-0.05, 0) is 326 Å². The van der Waals surface area contributed by atoms with Gasteiger partial charge in [-0.25, -0.2) is 0 Å². The van der Waals surface area contributed by atoms with Crippen molar-refractivity contribution in [1.29, 1.82) is 0 Å². The molecule has 0 aromatic heterocycles. The summed E-state index contributed by atoms with van der Waals surface area (Å²) in [5, 5.41) is 0. The van der Waals surface area contributed by atoms with Gasteiger partial charge in [-0.1, -0.05) is 91.9 Å². The van der Waals surface area contributed by atoms with E-state index in [0.29, 0.717) is 24.4 Å². The first-order chi connectivity index (χ1) is 38.2. The van der Waals surface area contributed by atoms with Gasteiger partial charge in [-0.15, -0.1) is 0 Å². The number of ether oxygens (including phenoxy) is 4. The summed E-state index contributed by atoms with van der Waals surface area (Å²) in [6, 6.07) is 0. The average molecular weight is 1090 g/mol. The van der Waals surface area contributed by atoms with Gasteiger partial charge < -0.3 is 18.9 Å². The third-order valence-electron chi connectivity index (χ3n) is 25.8. The minimum atomic E-state index is 0.582. The molecule has 0 saturated heterocycles. The van der Waals surface area contributed by atoms with Crippen LogP contribution >= 0.6 is 0 Å². The maximum absolute atomic E-state index is 6.26. The highest BCUT2D eigenvalue weighted by Gasteiger charge is 2.57. The van der Waals surface area contributed by atoms with Crippen LogP contribution in [0.15, 0.2) is 0 Å². The fourth-order valence-corrected chi connectivity index (χ4v) is 21.1. The summed E-state index contributed by atoms with van der Waals surface area (Å²) in [6.07, 6.45) is 74.5. The van der Waals surface area contributed by atoms with E-state index in [9.17, 15) is 0 Å². The van der Waals surface area contributed by atoms with Crippen LogP contribution in [0.5, 0.6) is 0 Å². The van der Waals surface area contributed by atoms with Crippen molar-refractivity contribution in [2.75, 3.05) is 26.4 Å². The van der Waals surface area contributed by atoms with Crippen LogP contribution in [0.25, 0.3) is 0 Å². The monoisotopic (exact) mass is 1090 g/mol. The van der Waals surface area contributed by atoms with Crippen molar-refractivity contribution in [2.45, 2.75) is 373 Å². The molecule has 78 heavy (non-hydrogen) atoms.